The van der Waals surface area contributed by atoms with Crippen LogP contribution in [0.25, 0.3) is 103 Å². The lowest BCUT2D eigenvalue weighted by Gasteiger charge is -2.36. The maximum Gasteiger partial charge on any atom is 0.0805 e. The summed E-state index contributed by atoms with van der Waals surface area (Å²) in [6.07, 6.45) is 9.87. The standard InChI is InChI=1S/C70H55N3S/c1-3-51-53(55-30-18-31-56-54-29-16-17-32-60(54)72(69(55)56)50-26-8-5-9-27-50)35-33-43(2)67(71-68(51)45-20-6-4-7-21-45)66-61(37-38-64-65(66)57-36-34-44-19-14-15-28-52(44)70(57)74-64)73-62-41-48-24-12-10-22-46(48)39-58(62)59-40-47-23-11-13-25-49(47)42-63(59)73/h4-10,12-22,24-32,34,36-43,51,53,67H,3,11,23,33,35H2,1-2H3. The van der Waals surface area contributed by atoms with Gasteiger partial charge in [-0.25, -0.2) is 0 Å². The molecule has 13 aromatic rings. The molecule has 3 nitrogen and oxygen atoms in total. The number of hydrogen-bond donors (Lipinski definition) is 0. The van der Waals surface area contributed by atoms with E-state index in [0.717, 1.165) is 32.1 Å². The van der Waals surface area contributed by atoms with E-state index in [9.17, 15) is 0 Å². The molecule has 0 bridgehead atoms. The summed E-state index contributed by atoms with van der Waals surface area (Å²) in [6, 6.07) is 75.6. The summed E-state index contributed by atoms with van der Waals surface area (Å²) in [5.41, 5.74) is 15.4. The van der Waals surface area contributed by atoms with Crippen LogP contribution in [0.2, 0.25) is 0 Å². The highest BCUT2D eigenvalue weighted by Gasteiger charge is 2.37. The average Bonchev–Trinajstić information content (AvgIpc) is 4.11. The van der Waals surface area contributed by atoms with Crippen LogP contribution in [0.5, 0.6) is 0 Å². The van der Waals surface area contributed by atoms with Gasteiger partial charge in [-0.05, 0) is 142 Å². The van der Waals surface area contributed by atoms with Gasteiger partial charge in [0.05, 0.1) is 33.8 Å². The van der Waals surface area contributed by atoms with Crippen LogP contribution in [0.3, 0.4) is 0 Å². The van der Waals surface area contributed by atoms with E-state index in [1.54, 1.807) is 0 Å². The highest BCUT2D eigenvalue weighted by Crippen LogP contribution is 2.51. The summed E-state index contributed by atoms with van der Waals surface area (Å²) >= 11 is 1.95. The molecule has 15 rings (SSSR count). The second kappa shape index (κ2) is 17.3. The maximum absolute atomic E-state index is 6.43. The first-order valence-corrected chi connectivity index (χ1v) is 27.7. The van der Waals surface area contributed by atoms with Crippen molar-refractivity contribution in [1.29, 1.82) is 0 Å². The Morgan fingerprint density at radius 1 is 0.568 bits per heavy atom. The van der Waals surface area contributed by atoms with Gasteiger partial charge < -0.3 is 9.13 Å². The molecule has 1 aliphatic carbocycles. The van der Waals surface area contributed by atoms with E-state index in [2.05, 4.69) is 235 Å². The lowest BCUT2D eigenvalue weighted by molar-refractivity contribution is 0.364. The van der Waals surface area contributed by atoms with Crippen molar-refractivity contribution in [1.82, 2.24) is 9.13 Å². The molecule has 0 amide bonds. The van der Waals surface area contributed by atoms with Crippen molar-refractivity contribution in [3.05, 3.63) is 234 Å². The SMILES string of the molecule is CCC1C(c2ccccc2)=NC(c2c(-n3c4cc5c(cc4c4cc6ccccc6cc43)CCC=C5)ccc3sc4c5ccccc5ccc4c23)C(C)CCC1c1cccc2c3ccccc3n(-c3ccccc3)c12. The Hall–Kier alpha value is -8.05. The van der Waals surface area contributed by atoms with Gasteiger partial charge in [0, 0.05) is 64.6 Å². The Labute approximate surface area is 435 Å². The molecular formula is C70H55N3S. The number of aryl methyl sites for hydroxylation is 1. The average molecular weight is 970 g/mol. The Bertz CT molecular complexity index is 4450. The molecule has 4 unspecified atom stereocenters. The summed E-state index contributed by atoms with van der Waals surface area (Å²) in [6.45, 7) is 4.92. The van der Waals surface area contributed by atoms with Gasteiger partial charge in [0.2, 0.25) is 0 Å². The lowest BCUT2D eigenvalue weighted by Crippen LogP contribution is -2.28. The number of benzene rings is 10. The van der Waals surface area contributed by atoms with E-state index in [-0.39, 0.29) is 23.8 Å². The number of para-hydroxylation sites is 3. The summed E-state index contributed by atoms with van der Waals surface area (Å²) < 4.78 is 7.85. The first-order chi connectivity index (χ1) is 36.6. The highest BCUT2D eigenvalue weighted by atomic mass is 32.1. The molecule has 4 atom stereocenters. The minimum atomic E-state index is -0.139. The number of fused-ring (bicyclic) bond motifs is 13. The van der Waals surface area contributed by atoms with Gasteiger partial charge in [0.25, 0.3) is 0 Å². The molecule has 0 saturated carbocycles. The molecule has 4 heterocycles. The molecule has 4 heteroatoms. The fraction of sp³-hybridized carbons (Fsp3) is 0.157. The van der Waals surface area contributed by atoms with Crippen molar-refractivity contribution in [3.8, 4) is 11.4 Å². The predicted octanol–water partition coefficient (Wildman–Crippen LogP) is 19.3. The molecule has 0 fully saturated rings. The number of rotatable bonds is 6. The molecule has 74 heavy (non-hydrogen) atoms. The van der Waals surface area contributed by atoms with Crippen molar-refractivity contribution < 1.29 is 0 Å². The summed E-state index contributed by atoms with van der Waals surface area (Å²) in [5, 5.41) is 13.0. The summed E-state index contributed by atoms with van der Waals surface area (Å²) in [5.74, 6) is 0.591. The number of allylic oxidation sites excluding steroid dienone is 1. The predicted molar refractivity (Wildman–Crippen MR) is 317 cm³/mol. The van der Waals surface area contributed by atoms with Gasteiger partial charge >= 0.3 is 0 Å². The molecule has 2 aliphatic rings. The second-order valence-corrected chi connectivity index (χ2v) is 22.2. The number of thiophene rings is 1. The highest BCUT2D eigenvalue weighted by molar-refractivity contribution is 7.26. The zero-order valence-corrected chi connectivity index (χ0v) is 42.6. The maximum atomic E-state index is 6.43. The van der Waals surface area contributed by atoms with Crippen LogP contribution in [0.15, 0.2) is 211 Å². The topological polar surface area (TPSA) is 22.2 Å². The first-order valence-electron chi connectivity index (χ1n) is 26.8. The van der Waals surface area contributed by atoms with Crippen molar-refractivity contribution in [2.24, 2.45) is 16.8 Å². The van der Waals surface area contributed by atoms with E-state index < -0.39 is 0 Å². The Balaban J connectivity index is 1.03. The van der Waals surface area contributed by atoms with Crippen LogP contribution in [0.4, 0.5) is 0 Å². The van der Waals surface area contributed by atoms with Gasteiger partial charge in [-0.2, -0.15) is 0 Å². The van der Waals surface area contributed by atoms with Crippen molar-refractivity contribution in [3.63, 3.8) is 0 Å². The summed E-state index contributed by atoms with van der Waals surface area (Å²) in [4.78, 5) is 6.43. The smallest absolute Gasteiger partial charge is 0.0805 e. The van der Waals surface area contributed by atoms with Gasteiger partial charge in [-0.1, -0.05) is 172 Å². The van der Waals surface area contributed by atoms with E-state index in [4.69, 9.17) is 4.99 Å². The minimum absolute atomic E-state index is 0.139. The Morgan fingerprint density at radius 2 is 1.28 bits per heavy atom. The van der Waals surface area contributed by atoms with Crippen LogP contribution in [0, 0.1) is 11.8 Å². The molecule has 1 aliphatic heterocycles. The number of nitrogens with zero attached hydrogens (tertiary/aromatic N) is 3. The van der Waals surface area contributed by atoms with Crippen LogP contribution < -0.4 is 0 Å². The third kappa shape index (κ3) is 6.67. The van der Waals surface area contributed by atoms with E-state index in [1.165, 1.54) is 130 Å². The molecule has 3 aromatic heterocycles. The summed E-state index contributed by atoms with van der Waals surface area (Å²) in [7, 11) is 0. The van der Waals surface area contributed by atoms with Gasteiger partial charge in [0.1, 0.15) is 0 Å². The van der Waals surface area contributed by atoms with Gasteiger partial charge in [-0.3, -0.25) is 4.99 Å². The molecule has 10 aromatic carbocycles. The molecule has 0 spiro atoms. The molecule has 0 saturated heterocycles. The van der Waals surface area contributed by atoms with Crippen LogP contribution >= 0.6 is 11.3 Å². The zero-order valence-electron chi connectivity index (χ0n) is 41.8. The molecule has 0 radical (unpaired) electrons. The number of aliphatic imine (C=N–C) groups is 1. The fourth-order valence-electron chi connectivity index (χ4n) is 13.6. The normalized spacial score (nSPS) is 18.3. The van der Waals surface area contributed by atoms with Crippen LogP contribution in [-0.2, 0) is 6.42 Å². The fourth-order valence-corrected chi connectivity index (χ4v) is 14.9. The van der Waals surface area contributed by atoms with E-state index in [1.807, 2.05) is 11.3 Å². The monoisotopic (exact) mass is 969 g/mol. The quantitative estimate of drug-likeness (QED) is 0.158. The molecular weight excluding hydrogens is 915 g/mol. The molecule has 0 N–H and O–H groups in total. The lowest BCUT2D eigenvalue weighted by atomic mass is 9.72. The minimum Gasteiger partial charge on any atom is -0.309 e. The van der Waals surface area contributed by atoms with Crippen molar-refractivity contribution >= 4 is 108 Å². The Kier molecular flexibility index (Phi) is 10.2. The van der Waals surface area contributed by atoms with E-state index in [0.29, 0.717) is 0 Å². The third-order valence-corrected chi connectivity index (χ3v) is 18.3. The first kappa shape index (κ1) is 43.5. The number of hydrogen-bond acceptors (Lipinski definition) is 2. The van der Waals surface area contributed by atoms with Crippen LogP contribution in [-0.4, -0.2) is 14.8 Å². The molecule has 356 valence electrons. The zero-order chi connectivity index (χ0) is 49.0. The third-order valence-electron chi connectivity index (χ3n) is 17.1. The van der Waals surface area contributed by atoms with Gasteiger partial charge in [0.15, 0.2) is 0 Å². The largest absolute Gasteiger partial charge is 0.309 e. The van der Waals surface area contributed by atoms with Crippen LogP contribution in [0.1, 0.15) is 79.3 Å². The van der Waals surface area contributed by atoms with Crippen molar-refractivity contribution in [2.45, 2.75) is 57.9 Å². The van der Waals surface area contributed by atoms with Gasteiger partial charge in [-0.15, -0.1) is 11.3 Å². The second-order valence-electron chi connectivity index (χ2n) is 21.1. The van der Waals surface area contributed by atoms with Crippen molar-refractivity contribution in [2.75, 3.05) is 0 Å². The number of aromatic nitrogens is 2. The van der Waals surface area contributed by atoms with E-state index >= 15 is 0 Å². The Morgan fingerprint density at radius 3 is 2.12 bits per heavy atom.